The lowest BCUT2D eigenvalue weighted by Gasteiger charge is -2.23. The number of nitrogens with zero attached hydrogens (tertiary/aromatic N) is 2. The summed E-state index contributed by atoms with van der Waals surface area (Å²) >= 11 is 0. The Labute approximate surface area is 138 Å². The van der Waals surface area contributed by atoms with Gasteiger partial charge in [-0.3, -0.25) is 4.18 Å². The van der Waals surface area contributed by atoms with E-state index in [0.29, 0.717) is 16.4 Å². The highest BCUT2D eigenvalue weighted by Gasteiger charge is 2.20. The number of benzene rings is 2. The molecule has 126 valence electrons. The third kappa shape index (κ3) is 4.22. The minimum atomic E-state index is -3.78. The molecule has 2 rings (SSSR count). The van der Waals surface area contributed by atoms with E-state index in [4.69, 9.17) is 4.18 Å². The summed E-state index contributed by atoms with van der Waals surface area (Å²) in [5, 5.41) is 1.58. The van der Waals surface area contributed by atoms with Crippen LogP contribution in [0.4, 0.5) is 5.69 Å². The molecule has 0 aliphatic rings. The maximum Gasteiger partial charge on any atom is 0.297 e. The molecule has 5 nitrogen and oxygen atoms in total. The first kappa shape index (κ1) is 17.7. The zero-order chi connectivity index (χ0) is 17.3. The zero-order valence-corrected chi connectivity index (χ0v) is 15.2. The molecule has 2 aromatic carbocycles. The van der Waals surface area contributed by atoms with Gasteiger partial charge < -0.3 is 9.38 Å². The lowest BCUT2D eigenvalue weighted by molar-refractivity contribution is -0.870. The Bertz CT molecular complexity index is 793. The molecule has 0 atom stereocenters. The van der Waals surface area contributed by atoms with Crippen molar-refractivity contribution in [1.82, 2.24) is 0 Å². The summed E-state index contributed by atoms with van der Waals surface area (Å²) in [6.45, 7) is 0.780. The Hall–Kier alpha value is -1.63. The molecule has 0 aromatic heterocycles. The van der Waals surface area contributed by atoms with Gasteiger partial charge in [0.15, 0.2) is 0 Å². The fourth-order valence-corrected chi connectivity index (χ4v) is 3.47. The number of quaternary nitrogens is 1. The maximum atomic E-state index is 12.6. The SMILES string of the molecule is CN(C)c1cccc2c(S(=O)(=O)OCC[N+](C)(C)C)cccc12. The molecule has 23 heavy (non-hydrogen) atoms. The zero-order valence-electron chi connectivity index (χ0n) is 14.4. The molecule has 0 saturated carbocycles. The van der Waals surface area contributed by atoms with E-state index in [1.807, 2.05) is 64.4 Å². The average Bonchev–Trinajstić information content (AvgIpc) is 2.44. The standard InChI is InChI=1S/C17H25N2O3S/c1-18(2)16-10-6-9-15-14(16)8-7-11-17(15)23(20,21)22-13-12-19(3,4)5/h6-11H,12-13H2,1-5H3/q+1. The van der Waals surface area contributed by atoms with Crippen molar-refractivity contribution in [2.75, 3.05) is 53.3 Å². The van der Waals surface area contributed by atoms with Crippen LogP contribution in [0.15, 0.2) is 41.3 Å². The maximum absolute atomic E-state index is 12.6. The van der Waals surface area contributed by atoms with E-state index in [2.05, 4.69) is 0 Å². The van der Waals surface area contributed by atoms with Crippen LogP contribution in [0.1, 0.15) is 0 Å². The van der Waals surface area contributed by atoms with E-state index >= 15 is 0 Å². The molecular weight excluding hydrogens is 312 g/mol. The monoisotopic (exact) mass is 337 g/mol. The first-order valence-electron chi connectivity index (χ1n) is 7.51. The van der Waals surface area contributed by atoms with Crippen molar-refractivity contribution < 1.29 is 17.1 Å². The van der Waals surface area contributed by atoms with Crippen LogP contribution in [0, 0.1) is 0 Å². The fraction of sp³-hybridized carbons (Fsp3) is 0.412. The number of hydrogen-bond donors (Lipinski definition) is 0. The summed E-state index contributed by atoms with van der Waals surface area (Å²) in [5.74, 6) is 0. The van der Waals surface area contributed by atoms with E-state index < -0.39 is 10.1 Å². The molecule has 0 aliphatic heterocycles. The first-order chi connectivity index (χ1) is 10.6. The van der Waals surface area contributed by atoms with Gasteiger partial charge in [-0.1, -0.05) is 24.3 Å². The number of anilines is 1. The molecule has 0 bridgehead atoms. The Morgan fingerprint density at radius 1 is 1.00 bits per heavy atom. The van der Waals surface area contributed by atoms with Gasteiger partial charge in [0.1, 0.15) is 18.0 Å². The molecule has 0 aliphatic carbocycles. The van der Waals surface area contributed by atoms with Crippen molar-refractivity contribution in [1.29, 1.82) is 0 Å². The van der Waals surface area contributed by atoms with Gasteiger partial charge in [-0.15, -0.1) is 0 Å². The molecule has 0 amide bonds. The van der Waals surface area contributed by atoms with Gasteiger partial charge in [0, 0.05) is 30.6 Å². The Balaban J connectivity index is 2.41. The second-order valence-corrected chi connectivity index (χ2v) is 8.40. The Kier molecular flexibility index (Phi) is 4.98. The van der Waals surface area contributed by atoms with Crippen LogP contribution in [0.3, 0.4) is 0 Å². The van der Waals surface area contributed by atoms with Crippen molar-refractivity contribution in [3.63, 3.8) is 0 Å². The van der Waals surface area contributed by atoms with Crippen molar-refractivity contribution in [2.24, 2.45) is 0 Å². The second kappa shape index (κ2) is 6.47. The first-order valence-corrected chi connectivity index (χ1v) is 8.91. The van der Waals surface area contributed by atoms with Crippen molar-refractivity contribution in [3.05, 3.63) is 36.4 Å². The van der Waals surface area contributed by atoms with E-state index in [9.17, 15) is 8.42 Å². The average molecular weight is 337 g/mol. The highest BCUT2D eigenvalue weighted by Crippen LogP contribution is 2.30. The molecule has 0 saturated heterocycles. The summed E-state index contributed by atoms with van der Waals surface area (Å²) < 4.78 is 31.0. The number of rotatable bonds is 6. The van der Waals surface area contributed by atoms with Gasteiger partial charge >= 0.3 is 0 Å². The molecular formula is C17H25N2O3S+. The lowest BCUT2D eigenvalue weighted by Crippen LogP contribution is -2.38. The molecule has 0 radical (unpaired) electrons. The molecule has 0 spiro atoms. The van der Waals surface area contributed by atoms with Crippen molar-refractivity contribution in [3.8, 4) is 0 Å². The van der Waals surface area contributed by atoms with E-state index in [-0.39, 0.29) is 11.5 Å². The van der Waals surface area contributed by atoms with Crippen LogP contribution < -0.4 is 4.90 Å². The normalized spacial score (nSPS) is 12.6. The van der Waals surface area contributed by atoms with E-state index in [1.165, 1.54) is 0 Å². The lowest BCUT2D eigenvalue weighted by atomic mass is 10.1. The van der Waals surface area contributed by atoms with Gasteiger partial charge in [-0.05, 0) is 12.1 Å². The third-order valence-electron chi connectivity index (χ3n) is 3.61. The summed E-state index contributed by atoms with van der Waals surface area (Å²) in [5.41, 5.74) is 0.978. The van der Waals surface area contributed by atoms with Gasteiger partial charge in [0.2, 0.25) is 0 Å². The van der Waals surface area contributed by atoms with Crippen LogP contribution in [-0.2, 0) is 14.3 Å². The highest BCUT2D eigenvalue weighted by atomic mass is 32.2. The second-order valence-electron chi connectivity index (χ2n) is 6.81. The van der Waals surface area contributed by atoms with Crippen LogP contribution >= 0.6 is 0 Å². The predicted molar refractivity (Wildman–Crippen MR) is 94.3 cm³/mol. The minimum Gasteiger partial charge on any atom is -0.377 e. The van der Waals surface area contributed by atoms with Crippen LogP contribution in [0.25, 0.3) is 10.8 Å². The number of likely N-dealkylation sites (N-methyl/N-ethyl adjacent to an activating group) is 1. The topological polar surface area (TPSA) is 46.6 Å². The summed E-state index contributed by atoms with van der Waals surface area (Å²) in [6.07, 6.45) is 0. The predicted octanol–water partition coefficient (Wildman–Crippen LogP) is 2.32. The molecule has 0 fully saturated rings. The summed E-state index contributed by atoms with van der Waals surface area (Å²) in [4.78, 5) is 2.19. The molecule has 2 aromatic rings. The Morgan fingerprint density at radius 2 is 1.61 bits per heavy atom. The number of hydrogen-bond acceptors (Lipinski definition) is 4. The molecule has 0 heterocycles. The smallest absolute Gasteiger partial charge is 0.297 e. The quantitative estimate of drug-likeness (QED) is 0.599. The largest absolute Gasteiger partial charge is 0.377 e. The van der Waals surface area contributed by atoms with Crippen LogP contribution in [0.2, 0.25) is 0 Å². The highest BCUT2D eigenvalue weighted by molar-refractivity contribution is 7.87. The third-order valence-corrected chi connectivity index (χ3v) is 4.98. The van der Waals surface area contributed by atoms with Crippen molar-refractivity contribution >= 4 is 26.6 Å². The van der Waals surface area contributed by atoms with E-state index in [0.717, 1.165) is 11.1 Å². The molecule has 6 heteroatoms. The summed E-state index contributed by atoms with van der Waals surface area (Å²) in [6, 6.07) is 10.9. The van der Waals surface area contributed by atoms with Gasteiger partial charge in [-0.2, -0.15) is 8.42 Å². The minimum absolute atomic E-state index is 0.162. The van der Waals surface area contributed by atoms with Crippen LogP contribution in [-0.4, -0.2) is 61.3 Å². The molecule has 0 unspecified atom stereocenters. The fourth-order valence-electron chi connectivity index (χ4n) is 2.36. The van der Waals surface area contributed by atoms with E-state index in [1.54, 1.807) is 12.1 Å². The van der Waals surface area contributed by atoms with Gasteiger partial charge in [0.05, 0.1) is 21.1 Å². The summed E-state index contributed by atoms with van der Waals surface area (Å²) in [7, 11) is 6.09. The van der Waals surface area contributed by atoms with Gasteiger partial charge in [-0.25, -0.2) is 0 Å². The number of fused-ring (bicyclic) bond motifs is 1. The van der Waals surface area contributed by atoms with Crippen molar-refractivity contribution in [2.45, 2.75) is 4.90 Å². The van der Waals surface area contributed by atoms with Crippen LogP contribution in [0.5, 0.6) is 0 Å². The molecule has 0 N–H and O–H groups in total. The van der Waals surface area contributed by atoms with Gasteiger partial charge in [0.25, 0.3) is 10.1 Å². The Morgan fingerprint density at radius 3 is 2.22 bits per heavy atom.